The van der Waals surface area contributed by atoms with E-state index in [2.05, 4.69) is 33.4 Å². The van der Waals surface area contributed by atoms with E-state index in [1.165, 1.54) is 0 Å². The second kappa shape index (κ2) is 5.48. The van der Waals surface area contributed by atoms with Crippen LogP contribution in [0.1, 0.15) is 43.2 Å². The van der Waals surface area contributed by atoms with E-state index >= 15 is 0 Å². The second-order valence-corrected chi connectivity index (χ2v) is 5.10. The molecule has 6 heteroatoms. The van der Waals surface area contributed by atoms with Crippen molar-refractivity contribution in [2.24, 2.45) is 5.92 Å². The minimum Gasteiger partial charge on any atom is -0.474 e. The van der Waals surface area contributed by atoms with E-state index in [4.69, 9.17) is 5.11 Å². The molecule has 1 aliphatic heterocycles. The maximum Gasteiger partial charge on any atom is 0.394 e. The topological polar surface area (TPSA) is 79.5 Å². The first-order chi connectivity index (χ1) is 8.56. The van der Waals surface area contributed by atoms with Crippen molar-refractivity contribution < 1.29 is 14.4 Å². The Kier molecular flexibility index (Phi) is 3.96. The summed E-state index contributed by atoms with van der Waals surface area (Å²) in [5, 5.41) is 12.4. The molecule has 1 saturated heterocycles. The normalized spacial score (nSPS) is 18.4. The van der Waals surface area contributed by atoms with Crippen LogP contribution in [0.3, 0.4) is 0 Å². The van der Waals surface area contributed by atoms with Gasteiger partial charge in [0, 0.05) is 12.5 Å². The van der Waals surface area contributed by atoms with Crippen molar-refractivity contribution in [3.8, 4) is 0 Å². The van der Waals surface area contributed by atoms with Gasteiger partial charge < -0.3 is 14.5 Å². The molecule has 0 aromatic carbocycles. The summed E-state index contributed by atoms with van der Waals surface area (Å²) in [6, 6.07) is 0.592. The van der Waals surface area contributed by atoms with Gasteiger partial charge in [-0.05, 0) is 45.7 Å². The number of rotatable bonds is 4. The fourth-order valence-electron chi connectivity index (χ4n) is 2.36. The van der Waals surface area contributed by atoms with Crippen molar-refractivity contribution in [2.45, 2.75) is 39.2 Å². The molecule has 1 aromatic heterocycles. The van der Waals surface area contributed by atoms with Crippen LogP contribution in [0.5, 0.6) is 0 Å². The number of piperidine rings is 1. The van der Waals surface area contributed by atoms with Crippen LogP contribution in [0.25, 0.3) is 0 Å². The molecule has 0 aliphatic carbocycles. The van der Waals surface area contributed by atoms with Gasteiger partial charge in [-0.2, -0.15) is 4.98 Å². The lowest BCUT2D eigenvalue weighted by atomic mass is 9.93. The number of carboxylic acids is 1. The quantitative estimate of drug-likeness (QED) is 0.874. The van der Waals surface area contributed by atoms with Crippen LogP contribution in [0.2, 0.25) is 0 Å². The Hall–Kier alpha value is -1.43. The SMILES string of the molecule is CC(C)N1CCC(Cc2noc(C(=O)O)n2)CC1. The summed E-state index contributed by atoms with van der Waals surface area (Å²) in [5.74, 6) is -0.442. The molecule has 0 unspecified atom stereocenters. The monoisotopic (exact) mass is 253 g/mol. The van der Waals surface area contributed by atoms with Crippen molar-refractivity contribution >= 4 is 5.97 Å². The first-order valence-electron chi connectivity index (χ1n) is 6.36. The minimum absolute atomic E-state index is 0.315. The summed E-state index contributed by atoms with van der Waals surface area (Å²) in [6.45, 7) is 6.59. The van der Waals surface area contributed by atoms with Gasteiger partial charge in [0.25, 0.3) is 0 Å². The highest BCUT2D eigenvalue weighted by molar-refractivity contribution is 5.81. The number of aromatic nitrogens is 2. The van der Waals surface area contributed by atoms with Crippen molar-refractivity contribution in [1.29, 1.82) is 0 Å². The summed E-state index contributed by atoms with van der Waals surface area (Å²) >= 11 is 0. The molecule has 100 valence electrons. The third-order valence-corrected chi connectivity index (χ3v) is 3.50. The van der Waals surface area contributed by atoms with Gasteiger partial charge in [-0.3, -0.25) is 0 Å². The molecule has 6 nitrogen and oxygen atoms in total. The maximum absolute atomic E-state index is 10.6. The number of nitrogens with zero attached hydrogens (tertiary/aromatic N) is 3. The zero-order valence-corrected chi connectivity index (χ0v) is 10.8. The van der Waals surface area contributed by atoms with Gasteiger partial charge >= 0.3 is 11.9 Å². The van der Waals surface area contributed by atoms with Gasteiger partial charge in [0.05, 0.1) is 0 Å². The Labute approximate surface area is 106 Å². The molecule has 1 N–H and O–H groups in total. The Balaban J connectivity index is 1.85. The van der Waals surface area contributed by atoms with Gasteiger partial charge in [0.2, 0.25) is 0 Å². The third kappa shape index (κ3) is 3.07. The zero-order valence-electron chi connectivity index (χ0n) is 10.8. The zero-order chi connectivity index (χ0) is 13.1. The van der Waals surface area contributed by atoms with E-state index in [1.54, 1.807) is 0 Å². The van der Waals surface area contributed by atoms with Crippen LogP contribution in [0.4, 0.5) is 0 Å². The van der Waals surface area contributed by atoms with E-state index < -0.39 is 5.97 Å². The molecule has 1 aromatic rings. The molecule has 18 heavy (non-hydrogen) atoms. The molecule has 1 fully saturated rings. The van der Waals surface area contributed by atoms with Crippen LogP contribution in [0.15, 0.2) is 4.52 Å². The molecule has 2 heterocycles. The van der Waals surface area contributed by atoms with Gasteiger partial charge in [-0.25, -0.2) is 4.79 Å². The van der Waals surface area contributed by atoms with Gasteiger partial charge in [0.1, 0.15) is 0 Å². The number of likely N-dealkylation sites (tertiary alicyclic amines) is 1. The summed E-state index contributed by atoms with van der Waals surface area (Å²) in [6.07, 6.45) is 2.92. The number of aromatic carboxylic acids is 1. The van der Waals surface area contributed by atoms with E-state index in [9.17, 15) is 4.79 Å². The predicted octanol–water partition coefficient (Wildman–Crippen LogP) is 1.43. The molecule has 2 rings (SSSR count). The molecule has 0 saturated carbocycles. The smallest absolute Gasteiger partial charge is 0.394 e. The van der Waals surface area contributed by atoms with Crippen molar-refractivity contribution in [3.05, 3.63) is 11.7 Å². The second-order valence-electron chi connectivity index (χ2n) is 5.10. The summed E-state index contributed by atoms with van der Waals surface area (Å²) in [5.41, 5.74) is 0. The van der Waals surface area contributed by atoms with Gasteiger partial charge in [-0.15, -0.1) is 0 Å². The molecular weight excluding hydrogens is 234 g/mol. The Morgan fingerprint density at radius 2 is 2.17 bits per heavy atom. The largest absolute Gasteiger partial charge is 0.474 e. The van der Waals surface area contributed by atoms with Crippen molar-refractivity contribution in [3.63, 3.8) is 0 Å². The third-order valence-electron chi connectivity index (χ3n) is 3.50. The van der Waals surface area contributed by atoms with Crippen LogP contribution >= 0.6 is 0 Å². The lowest BCUT2D eigenvalue weighted by molar-refractivity contribution is 0.0643. The molecule has 1 aliphatic rings. The van der Waals surface area contributed by atoms with Gasteiger partial charge in [0.15, 0.2) is 5.82 Å². The molecule has 0 bridgehead atoms. The number of hydrogen-bond donors (Lipinski definition) is 1. The fraction of sp³-hybridized carbons (Fsp3) is 0.750. The highest BCUT2D eigenvalue weighted by Gasteiger charge is 2.23. The maximum atomic E-state index is 10.6. The van der Waals surface area contributed by atoms with Crippen LogP contribution in [-0.4, -0.2) is 45.2 Å². The lowest BCUT2D eigenvalue weighted by Crippen LogP contribution is -2.38. The standard InChI is InChI=1S/C12H19N3O3/c1-8(2)15-5-3-9(4-6-15)7-10-13-11(12(16)17)18-14-10/h8-9H,3-7H2,1-2H3,(H,16,17). The molecule has 0 radical (unpaired) electrons. The van der Waals surface area contributed by atoms with Crippen LogP contribution in [-0.2, 0) is 6.42 Å². The summed E-state index contributed by atoms with van der Waals surface area (Å²) < 4.78 is 4.66. The molecule has 0 atom stereocenters. The van der Waals surface area contributed by atoms with Gasteiger partial charge in [-0.1, -0.05) is 5.16 Å². The number of carbonyl (C=O) groups is 1. The highest BCUT2D eigenvalue weighted by atomic mass is 16.5. The predicted molar refractivity (Wildman–Crippen MR) is 64.4 cm³/mol. The van der Waals surface area contributed by atoms with E-state index in [1.807, 2.05) is 0 Å². The number of carboxylic acid groups (broad SMARTS) is 1. The molecule has 0 spiro atoms. The van der Waals surface area contributed by atoms with E-state index in [0.29, 0.717) is 24.2 Å². The number of hydrogen-bond acceptors (Lipinski definition) is 5. The Morgan fingerprint density at radius 1 is 1.50 bits per heavy atom. The first kappa shape index (κ1) is 13.0. The molecular formula is C12H19N3O3. The van der Waals surface area contributed by atoms with Crippen molar-refractivity contribution in [2.75, 3.05) is 13.1 Å². The average Bonchev–Trinajstić information content (AvgIpc) is 2.78. The first-order valence-corrected chi connectivity index (χ1v) is 6.36. The summed E-state index contributed by atoms with van der Waals surface area (Å²) in [4.78, 5) is 16.9. The van der Waals surface area contributed by atoms with Crippen LogP contribution < -0.4 is 0 Å². The Bertz CT molecular complexity index is 408. The summed E-state index contributed by atoms with van der Waals surface area (Å²) in [7, 11) is 0. The Morgan fingerprint density at radius 3 is 2.67 bits per heavy atom. The van der Waals surface area contributed by atoms with Crippen LogP contribution in [0, 0.1) is 5.92 Å². The minimum atomic E-state index is -1.16. The highest BCUT2D eigenvalue weighted by Crippen LogP contribution is 2.21. The van der Waals surface area contributed by atoms with E-state index in [0.717, 1.165) is 25.9 Å². The van der Waals surface area contributed by atoms with E-state index in [-0.39, 0.29) is 5.89 Å². The average molecular weight is 253 g/mol. The fourth-order valence-corrected chi connectivity index (χ4v) is 2.36. The molecule has 0 amide bonds. The van der Waals surface area contributed by atoms with Crippen molar-refractivity contribution in [1.82, 2.24) is 15.0 Å². The lowest BCUT2D eigenvalue weighted by Gasteiger charge is -2.34.